The Balaban J connectivity index is 1.84. The first kappa shape index (κ1) is 14.9. The Hall–Kier alpha value is -1.03. The lowest BCUT2D eigenvalue weighted by atomic mass is 9.98. The highest BCUT2D eigenvalue weighted by molar-refractivity contribution is 9.10. The van der Waals surface area contributed by atoms with Crippen LogP contribution in [0.3, 0.4) is 0 Å². The molecule has 4 heteroatoms. The molecule has 0 fully saturated rings. The fourth-order valence-corrected chi connectivity index (χ4v) is 3.49. The Kier molecular flexibility index (Phi) is 4.53. The van der Waals surface area contributed by atoms with Gasteiger partial charge < -0.3 is 10.6 Å². The molecule has 1 unspecified atom stereocenters. The third kappa shape index (κ3) is 3.10. The number of halogens is 2. The molecule has 0 spiro atoms. The molecule has 2 aromatic rings. The number of hydrogen-bond acceptors (Lipinski definition) is 2. The van der Waals surface area contributed by atoms with Crippen molar-refractivity contribution < 1.29 is 0 Å². The van der Waals surface area contributed by atoms with Crippen LogP contribution >= 0.6 is 27.5 Å². The van der Waals surface area contributed by atoms with Crippen LogP contribution in [0.5, 0.6) is 0 Å². The van der Waals surface area contributed by atoms with E-state index in [9.17, 15) is 0 Å². The fourth-order valence-electron chi connectivity index (χ4n) is 3.04. The molecule has 0 amide bonds. The first-order valence-corrected chi connectivity index (χ1v) is 8.34. The van der Waals surface area contributed by atoms with Gasteiger partial charge in [0.2, 0.25) is 0 Å². The number of nitrogens with zero attached hydrogens (tertiary/aromatic N) is 1. The average Bonchev–Trinajstić information content (AvgIpc) is 2.82. The molecule has 2 aromatic carbocycles. The summed E-state index contributed by atoms with van der Waals surface area (Å²) in [6, 6.07) is 14.8. The van der Waals surface area contributed by atoms with Gasteiger partial charge >= 0.3 is 0 Å². The van der Waals surface area contributed by atoms with Crippen molar-refractivity contribution in [2.45, 2.75) is 18.9 Å². The third-order valence-electron chi connectivity index (χ3n) is 4.03. The molecule has 1 atom stereocenters. The highest BCUT2D eigenvalue weighted by atomic mass is 79.9. The molecule has 0 radical (unpaired) electrons. The van der Waals surface area contributed by atoms with Crippen LogP contribution < -0.4 is 10.6 Å². The van der Waals surface area contributed by atoms with Crippen molar-refractivity contribution >= 4 is 33.2 Å². The molecule has 21 heavy (non-hydrogen) atoms. The normalized spacial score (nSPS) is 17.1. The lowest BCUT2D eigenvalue weighted by Gasteiger charge is -2.20. The van der Waals surface area contributed by atoms with Crippen LogP contribution in [0.1, 0.15) is 23.5 Å². The summed E-state index contributed by atoms with van der Waals surface area (Å²) >= 11 is 9.63. The maximum atomic E-state index is 6.20. The lowest BCUT2D eigenvalue weighted by molar-refractivity contribution is 0.644. The van der Waals surface area contributed by atoms with E-state index < -0.39 is 0 Å². The predicted molar refractivity (Wildman–Crippen MR) is 93.1 cm³/mol. The van der Waals surface area contributed by atoms with Gasteiger partial charge in [-0.2, -0.15) is 0 Å². The molecule has 1 heterocycles. The van der Waals surface area contributed by atoms with Crippen molar-refractivity contribution in [3.8, 4) is 0 Å². The molecule has 0 aliphatic carbocycles. The van der Waals surface area contributed by atoms with Crippen LogP contribution in [-0.2, 0) is 6.54 Å². The Morgan fingerprint density at radius 3 is 2.81 bits per heavy atom. The van der Waals surface area contributed by atoms with Crippen LogP contribution in [-0.4, -0.2) is 13.1 Å². The zero-order valence-electron chi connectivity index (χ0n) is 11.7. The van der Waals surface area contributed by atoms with Crippen molar-refractivity contribution in [2.75, 3.05) is 18.0 Å². The lowest BCUT2D eigenvalue weighted by Crippen LogP contribution is -2.22. The number of nitrogens with two attached hydrogens (primary N) is 1. The van der Waals surface area contributed by atoms with Gasteiger partial charge in [0.05, 0.1) is 5.02 Å². The number of hydrogen-bond donors (Lipinski definition) is 1. The smallest absolute Gasteiger partial charge is 0.0551 e. The minimum absolute atomic E-state index is 0.539. The van der Waals surface area contributed by atoms with Crippen molar-refractivity contribution in [1.29, 1.82) is 0 Å². The Labute approximate surface area is 139 Å². The number of para-hydroxylation sites is 1. The number of rotatable bonds is 4. The summed E-state index contributed by atoms with van der Waals surface area (Å²) in [6.07, 6.45) is 1.04. The van der Waals surface area contributed by atoms with Crippen LogP contribution in [0.2, 0.25) is 5.02 Å². The molecule has 110 valence electrons. The van der Waals surface area contributed by atoms with Crippen LogP contribution in [0.15, 0.2) is 46.9 Å². The van der Waals surface area contributed by atoms with E-state index in [1.54, 1.807) is 0 Å². The second-order valence-electron chi connectivity index (χ2n) is 5.46. The predicted octanol–water partition coefficient (Wildman–Crippen LogP) is 4.56. The monoisotopic (exact) mass is 364 g/mol. The maximum Gasteiger partial charge on any atom is 0.0551 e. The summed E-state index contributed by atoms with van der Waals surface area (Å²) in [5, 5.41) is 0.762. The van der Waals surface area contributed by atoms with E-state index >= 15 is 0 Å². The number of benzene rings is 2. The van der Waals surface area contributed by atoms with E-state index in [0.29, 0.717) is 5.92 Å². The van der Waals surface area contributed by atoms with Crippen LogP contribution in [0.4, 0.5) is 5.69 Å². The topological polar surface area (TPSA) is 29.3 Å². The van der Waals surface area contributed by atoms with Crippen molar-refractivity contribution in [3.63, 3.8) is 0 Å². The summed E-state index contributed by atoms with van der Waals surface area (Å²) in [6.45, 7) is 2.65. The zero-order valence-corrected chi connectivity index (χ0v) is 14.1. The molecule has 0 saturated heterocycles. The summed E-state index contributed by atoms with van der Waals surface area (Å²) < 4.78 is 0.941. The van der Waals surface area contributed by atoms with Gasteiger partial charge in [-0.3, -0.25) is 0 Å². The van der Waals surface area contributed by atoms with Crippen molar-refractivity contribution in [3.05, 3.63) is 63.1 Å². The summed E-state index contributed by atoms with van der Waals surface area (Å²) in [4.78, 5) is 2.43. The van der Waals surface area contributed by atoms with Crippen LogP contribution in [0.25, 0.3) is 0 Å². The molecule has 1 aliphatic heterocycles. The summed E-state index contributed by atoms with van der Waals surface area (Å²) in [7, 11) is 0. The fraction of sp³-hybridized carbons (Fsp3) is 0.294. The molecule has 0 aromatic heterocycles. The average molecular weight is 366 g/mol. The SMILES string of the molecule is NCCC1CN(Cc2ccc(Br)c(Cl)c2)c2ccccc21. The molecular formula is C17H18BrClN2. The minimum Gasteiger partial charge on any atom is -0.366 e. The summed E-state index contributed by atoms with van der Waals surface area (Å²) in [5.41, 5.74) is 9.74. The van der Waals surface area contributed by atoms with Gasteiger partial charge in [-0.25, -0.2) is 0 Å². The highest BCUT2D eigenvalue weighted by Gasteiger charge is 2.27. The Morgan fingerprint density at radius 1 is 1.24 bits per heavy atom. The minimum atomic E-state index is 0.539. The standard InChI is InChI=1S/C17H18BrClN2/c18-15-6-5-12(9-16(15)19)10-21-11-13(7-8-20)14-3-1-2-4-17(14)21/h1-6,9,13H,7-8,10-11,20H2. The molecular weight excluding hydrogens is 348 g/mol. The maximum absolute atomic E-state index is 6.20. The first-order valence-electron chi connectivity index (χ1n) is 7.17. The molecule has 0 saturated carbocycles. The highest BCUT2D eigenvalue weighted by Crippen LogP contribution is 2.38. The Morgan fingerprint density at radius 2 is 2.05 bits per heavy atom. The second kappa shape index (κ2) is 6.39. The van der Waals surface area contributed by atoms with Crippen molar-refractivity contribution in [2.24, 2.45) is 5.73 Å². The third-order valence-corrected chi connectivity index (χ3v) is 5.26. The number of fused-ring (bicyclic) bond motifs is 1. The molecule has 3 rings (SSSR count). The largest absolute Gasteiger partial charge is 0.366 e. The van der Waals surface area contributed by atoms with E-state index in [1.807, 2.05) is 12.1 Å². The van der Waals surface area contributed by atoms with Gasteiger partial charge in [-0.15, -0.1) is 0 Å². The van der Waals surface area contributed by atoms with Crippen molar-refractivity contribution in [1.82, 2.24) is 0 Å². The van der Waals surface area contributed by atoms with E-state index in [-0.39, 0.29) is 0 Å². The van der Waals surface area contributed by atoms with E-state index in [2.05, 4.69) is 51.2 Å². The van der Waals surface area contributed by atoms with Gasteiger partial charge in [-0.1, -0.05) is 35.9 Å². The zero-order chi connectivity index (χ0) is 14.8. The van der Waals surface area contributed by atoms with E-state index in [1.165, 1.54) is 16.8 Å². The molecule has 0 bridgehead atoms. The van der Waals surface area contributed by atoms with Gasteiger partial charge in [0.1, 0.15) is 0 Å². The first-order chi connectivity index (χ1) is 10.2. The van der Waals surface area contributed by atoms with Gasteiger partial charge in [0, 0.05) is 29.2 Å². The van der Waals surface area contributed by atoms with Crippen LogP contribution in [0, 0.1) is 0 Å². The summed E-state index contributed by atoms with van der Waals surface area (Å²) in [5.74, 6) is 0.539. The Bertz CT molecular complexity index is 644. The van der Waals surface area contributed by atoms with E-state index in [4.69, 9.17) is 17.3 Å². The van der Waals surface area contributed by atoms with Gasteiger partial charge in [0.15, 0.2) is 0 Å². The number of anilines is 1. The quantitative estimate of drug-likeness (QED) is 0.861. The van der Waals surface area contributed by atoms with E-state index in [0.717, 1.165) is 35.6 Å². The van der Waals surface area contributed by atoms with Gasteiger partial charge in [-0.05, 0) is 58.2 Å². The molecule has 2 nitrogen and oxygen atoms in total. The molecule has 2 N–H and O–H groups in total. The van der Waals surface area contributed by atoms with Gasteiger partial charge in [0.25, 0.3) is 0 Å². The molecule has 1 aliphatic rings. The second-order valence-corrected chi connectivity index (χ2v) is 6.72.